The largest absolute Gasteiger partial charge is 0.460 e. The van der Waals surface area contributed by atoms with Crippen molar-refractivity contribution < 1.29 is 99.4 Å². The monoisotopic (exact) mass is 474 g/mol. The summed E-state index contributed by atoms with van der Waals surface area (Å²) in [5.41, 5.74) is 0. The fourth-order valence-electron chi connectivity index (χ4n) is 0.523. The second-order valence-corrected chi connectivity index (χ2v) is 4.10. The molecule has 0 aliphatic heterocycles. The summed E-state index contributed by atoms with van der Waals surface area (Å²) >= 11 is 0. The van der Waals surface area contributed by atoms with E-state index in [4.69, 9.17) is 4.55 Å². The molecule has 0 saturated heterocycles. The second kappa shape index (κ2) is 5.30. The van der Waals surface area contributed by atoms with E-state index in [9.17, 15) is 47.9 Å². The van der Waals surface area contributed by atoms with Gasteiger partial charge in [0.05, 0.1) is 0 Å². The minimum atomic E-state index is -7.37. The van der Waals surface area contributed by atoms with Crippen molar-refractivity contribution >= 4 is 10.1 Å². The molecular weight excluding hydrogens is 472 g/mol. The molecule has 1 N–H and O–H groups in total. The first-order chi connectivity index (χ1) is 7.00. The van der Waals surface area contributed by atoms with Gasteiger partial charge in [-0.05, 0) is 0 Å². The van der Waals surface area contributed by atoms with Crippen LogP contribution in [0.1, 0.15) is 0 Å². The van der Waals surface area contributed by atoms with Crippen LogP contribution >= 0.6 is 0 Å². The molecule has 18 heavy (non-hydrogen) atoms. The molecule has 0 unspecified atom stereocenters. The first kappa shape index (κ1) is 21.1. The molecule has 0 bridgehead atoms. The molecule has 0 aromatic carbocycles. The Morgan fingerprint density at radius 2 is 1.00 bits per heavy atom. The van der Waals surface area contributed by atoms with Gasteiger partial charge in [-0.1, -0.05) is 0 Å². The van der Waals surface area contributed by atoms with Crippen LogP contribution in [0.4, 0.5) is 39.5 Å². The maximum Gasteiger partial charge on any atom is 0.460 e. The third kappa shape index (κ3) is 3.10. The van der Waals surface area contributed by atoms with Gasteiger partial charge in [0.15, 0.2) is 0 Å². The third-order valence-corrected chi connectivity index (χ3v) is 2.34. The van der Waals surface area contributed by atoms with Gasteiger partial charge in [-0.25, -0.2) is 0 Å². The van der Waals surface area contributed by atoms with Gasteiger partial charge in [0.25, 0.3) is 0 Å². The molecule has 0 spiro atoms. The molecule has 0 aliphatic carbocycles. The Balaban J connectivity index is 0. The summed E-state index contributed by atoms with van der Waals surface area (Å²) in [5.74, 6) is -14.7. The van der Waals surface area contributed by atoms with E-state index in [1.54, 1.807) is 0 Å². The average Bonchev–Trinajstić information content (AvgIpc) is 1.98. The Bertz CT molecular complexity index is 399. The van der Waals surface area contributed by atoms with Crippen molar-refractivity contribution in [2.75, 3.05) is 0 Å². The molecule has 0 radical (unpaired) electrons. The zero-order valence-corrected chi connectivity index (χ0v) is 9.87. The Kier molecular flexibility index (Phi) is 6.21. The van der Waals surface area contributed by atoms with Crippen molar-refractivity contribution in [3.8, 4) is 0 Å². The number of hydrogen-bond acceptors (Lipinski definition) is 2. The topological polar surface area (TPSA) is 54.4 Å². The van der Waals surface area contributed by atoms with Gasteiger partial charge in [0.2, 0.25) is 0 Å². The average molecular weight is 473 g/mol. The number of rotatable bonds is 3. The molecule has 0 aliphatic rings. The first-order valence-corrected chi connectivity index (χ1v) is 4.61. The molecule has 0 atom stereocenters. The van der Waals surface area contributed by atoms with Gasteiger partial charge >= 0.3 is 33.4 Å². The molecule has 0 rings (SSSR count). The van der Waals surface area contributed by atoms with Gasteiger partial charge < -0.3 is 0 Å². The van der Waals surface area contributed by atoms with E-state index in [-0.39, 0.29) is 46.9 Å². The second-order valence-electron chi connectivity index (χ2n) is 2.64. The standard InChI is InChI=1S/C4HF9O3S.Yb/c5-1(6,3(9,10)11)2(7,8)4(12,13)17(14,15)16;/h(H,14,15,16);. The summed E-state index contributed by atoms with van der Waals surface area (Å²) in [4.78, 5) is 0. The fourth-order valence-corrected chi connectivity index (χ4v) is 0.975. The van der Waals surface area contributed by atoms with Crippen LogP contribution in [-0.2, 0) is 10.1 Å². The minimum absolute atomic E-state index is 0. The van der Waals surface area contributed by atoms with Crippen molar-refractivity contribution in [1.82, 2.24) is 0 Å². The van der Waals surface area contributed by atoms with E-state index >= 15 is 0 Å². The van der Waals surface area contributed by atoms with Crippen molar-refractivity contribution in [1.29, 1.82) is 0 Å². The van der Waals surface area contributed by atoms with Gasteiger partial charge in [0, 0.05) is 46.9 Å². The molecular formula is C4HF9O3SYb. The van der Waals surface area contributed by atoms with Crippen molar-refractivity contribution in [2.45, 2.75) is 23.3 Å². The Morgan fingerprint density at radius 3 is 1.17 bits per heavy atom. The normalized spacial score (nSPS) is 15.2. The van der Waals surface area contributed by atoms with E-state index in [1.165, 1.54) is 0 Å². The summed E-state index contributed by atoms with van der Waals surface area (Å²) in [7, 11) is -7.17. The van der Waals surface area contributed by atoms with Crippen LogP contribution in [0.15, 0.2) is 0 Å². The van der Waals surface area contributed by atoms with Gasteiger partial charge in [0.1, 0.15) is 0 Å². The van der Waals surface area contributed by atoms with Crippen LogP contribution in [-0.4, -0.2) is 36.2 Å². The molecule has 0 aromatic heterocycles. The van der Waals surface area contributed by atoms with E-state index in [0.717, 1.165) is 0 Å². The van der Waals surface area contributed by atoms with Crippen molar-refractivity contribution in [3.05, 3.63) is 0 Å². The first-order valence-electron chi connectivity index (χ1n) is 3.17. The Morgan fingerprint density at radius 1 is 0.722 bits per heavy atom. The maximum atomic E-state index is 12.2. The van der Waals surface area contributed by atoms with Gasteiger partial charge in [-0.15, -0.1) is 0 Å². The predicted octanol–water partition coefficient (Wildman–Crippen LogP) is 2.30. The summed E-state index contributed by atoms with van der Waals surface area (Å²) in [6, 6.07) is 0. The molecule has 0 saturated carbocycles. The van der Waals surface area contributed by atoms with Gasteiger partial charge in [-0.2, -0.15) is 47.9 Å². The van der Waals surface area contributed by atoms with Crippen LogP contribution in [0.25, 0.3) is 0 Å². The smallest absolute Gasteiger partial charge is 0.281 e. The third-order valence-electron chi connectivity index (χ3n) is 1.44. The molecule has 14 heteroatoms. The predicted molar refractivity (Wildman–Crippen MR) is 32.4 cm³/mol. The van der Waals surface area contributed by atoms with E-state index < -0.39 is 33.4 Å². The number of hydrogen-bond donors (Lipinski definition) is 1. The van der Waals surface area contributed by atoms with E-state index in [0.29, 0.717) is 0 Å². The molecule has 0 fully saturated rings. The zero-order valence-electron chi connectivity index (χ0n) is 7.34. The zero-order chi connectivity index (χ0) is 14.5. The Labute approximate surface area is 132 Å². The van der Waals surface area contributed by atoms with Crippen LogP contribution in [0, 0.1) is 46.9 Å². The SMILES string of the molecule is O=S(=O)(O)C(F)(F)C(F)(F)C(F)(F)C(F)(F)F.[Yb]. The maximum absolute atomic E-state index is 12.2. The quantitative estimate of drug-likeness (QED) is 0.506. The number of halogens is 9. The molecule has 0 amide bonds. The van der Waals surface area contributed by atoms with Crippen LogP contribution in [0.3, 0.4) is 0 Å². The minimum Gasteiger partial charge on any atom is -0.281 e. The van der Waals surface area contributed by atoms with Crippen LogP contribution in [0.5, 0.6) is 0 Å². The van der Waals surface area contributed by atoms with Crippen molar-refractivity contribution in [2.24, 2.45) is 0 Å². The molecule has 118 valence electrons. The Hall–Kier alpha value is 0.799. The summed E-state index contributed by atoms with van der Waals surface area (Å²) < 4.78 is 134. The van der Waals surface area contributed by atoms with Crippen LogP contribution in [0.2, 0.25) is 0 Å². The summed E-state index contributed by atoms with van der Waals surface area (Å²) in [5, 5.41) is -7.00. The number of alkyl halides is 9. The summed E-state index contributed by atoms with van der Waals surface area (Å²) in [6.07, 6.45) is -7.13. The van der Waals surface area contributed by atoms with Gasteiger partial charge in [-0.3, -0.25) is 4.55 Å². The summed E-state index contributed by atoms with van der Waals surface area (Å²) in [6.45, 7) is 0. The molecule has 0 heterocycles. The fraction of sp³-hybridized carbons (Fsp3) is 1.00. The van der Waals surface area contributed by atoms with Crippen LogP contribution < -0.4 is 0 Å². The molecule has 0 aromatic rings. The van der Waals surface area contributed by atoms with E-state index in [1.807, 2.05) is 0 Å². The molecule has 3 nitrogen and oxygen atoms in total. The van der Waals surface area contributed by atoms with E-state index in [2.05, 4.69) is 0 Å². The van der Waals surface area contributed by atoms with Crippen molar-refractivity contribution in [3.63, 3.8) is 0 Å².